The average Bonchev–Trinajstić information content (AvgIpc) is 3.06. The normalized spacial score (nSPS) is 24.3. The van der Waals surface area contributed by atoms with Gasteiger partial charge in [-0.15, -0.1) is 0 Å². The minimum absolute atomic E-state index is 0.125. The smallest absolute Gasteiger partial charge is 0.254 e. The van der Waals surface area contributed by atoms with Crippen molar-refractivity contribution in [2.24, 2.45) is 7.05 Å². The van der Waals surface area contributed by atoms with E-state index in [-0.39, 0.29) is 5.91 Å². The lowest BCUT2D eigenvalue weighted by atomic mass is 10.1. The second-order valence-electron chi connectivity index (χ2n) is 7.78. The predicted octanol–water partition coefficient (Wildman–Crippen LogP) is 2.36. The van der Waals surface area contributed by atoms with Gasteiger partial charge in [0.1, 0.15) is 0 Å². The van der Waals surface area contributed by atoms with E-state index < -0.39 is 0 Å². The fourth-order valence-electron chi connectivity index (χ4n) is 4.73. The van der Waals surface area contributed by atoms with Gasteiger partial charge in [-0.25, -0.2) is 4.98 Å². The molecule has 6 nitrogen and oxygen atoms in total. The monoisotopic (exact) mass is 341 g/mol. The molecule has 25 heavy (non-hydrogen) atoms. The summed E-state index contributed by atoms with van der Waals surface area (Å²) in [5.41, 5.74) is 2.38. The van der Waals surface area contributed by atoms with Gasteiger partial charge >= 0.3 is 0 Å². The molecule has 2 aliphatic rings. The van der Waals surface area contributed by atoms with Crippen LogP contribution in [-0.4, -0.2) is 61.7 Å². The SMILES string of the molecule is Cc1cc(C(=O)N2CC[C@@H]3CC[C@H](C2)N3C(C)C)c2cnn(C)c2n1. The summed E-state index contributed by atoms with van der Waals surface area (Å²) in [6.45, 7) is 8.15. The zero-order valence-electron chi connectivity index (χ0n) is 15.6. The summed E-state index contributed by atoms with van der Waals surface area (Å²) in [6, 6.07) is 3.57. The molecule has 4 heterocycles. The van der Waals surface area contributed by atoms with E-state index in [4.69, 9.17) is 0 Å². The Hall–Kier alpha value is -1.95. The largest absolute Gasteiger partial charge is 0.337 e. The third kappa shape index (κ3) is 2.72. The van der Waals surface area contributed by atoms with E-state index in [0.717, 1.165) is 41.8 Å². The van der Waals surface area contributed by atoms with Gasteiger partial charge < -0.3 is 4.90 Å². The second-order valence-corrected chi connectivity index (χ2v) is 7.78. The van der Waals surface area contributed by atoms with E-state index in [2.05, 4.69) is 33.7 Å². The maximum atomic E-state index is 13.3. The molecular formula is C19H27N5O. The Bertz CT molecular complexity index is 811. The number of likely N-dealkylation sites (tertiary alicyclic amines) is 1. The van der Waals surface area contributed by atoms with Crippen molar-refractivity contribution in [3.8, 4) is 0 Å². The molecule has 2 saturated heterocycles. The second kappa shape index (κ2) is 6.09. The van der Waals surface area contributed by atoms with Gasteiger partial charge in [-0.1, -0.05) is 0 Å². The zero-order chi connectivity index (χ0) is 17.7. The number of aromatic nitrogens is 3. The molecule has 2 atom stereocenters. The Balaban J connectivity index is 1.66. The summed E-state index contributed by atoms with van der Waals surface area (Å²) in [5.74, 6) is 0.125. The zero-order valence-corrected chi connectivity index (χ0v) is 15.6. The molecule has 0 saturated carbocycles. The quantitative estimate of drug-likeness (QED) is 0.841. The fraction of sp³-hybridized carbons (Fsp3) is 0.632. The van der Waals surface area contributed by atoms with Gasteiger partial charge in [0, 0.05) is 44.0 Å². The Morgan fingerprint density at radius 1 is 1.24 bits per heavy atom. The Kier molecular flexibility index (Phi) is 4.02. The maximum Gasteiger partial charge on any atom is 0.254 e. The Morgan fingerprint density at radius 2 is 2.00 bits per heavy atom. The van der Waals surface area contributed by atoms with E-state index in [9.17, 15) is 4.79 Å². The van der Waals surface area contributed by atoms with Crippen LogP contribution in [0.4, 0.5) is 0 Å². The number of fused-ring (bicyclic) bond motifs is 3. The van der Waals surface area contributed by atoms with Gasteiger partial charge in [0.2, 0.25) is 0 Å². The lowest BCUT2D eigenvalue weighted by Gasteiger charge is -2.32. The van der Waals surface area contributed by atoms with Gasteiger partial charge in [0.05, 0.1) is 17.1 Å². The van der Waals surface area contributed by atoms with Crippen molar-refractivity contribution in [2.75, 3.05) is 13.1 Å². The van der Waals surface area contributed by atoms with E-state index in [1.807, 2.05) is 20.0 Å². The van der Waals surface area contributed by atoms with Gasteiger partial charge in [0.15, 0.2) is 5.65 Å². The molecule has 0 spiro atoms. The van der Waals surface area contributed by atoms with Crippen molar-refractivity contribution in [2.45, 2.75) is 58.2 Å². The molecule has 2 aromatic rings. The summed E-state index contributed by atoms with van der Waals surface area (Å²) < 4.78 is 1.74. The van der Waals surface area contributed by atoms with Crippen LogP contribution in [0, 0.1) is 6.92 Å². The van der Waals surface area contributed by atoms with Crippen LogP contribution >= 0.6 is 0 Å². The molecule has 0 aromatic carbocycles. The summed E-state index contributed by atoms with van der Waals surface area (Å²) in [6.07, 6.45) is 5.30. The number of carbonyl (C=O) groups excluding carboxylic acids is 1. The summed E-state index contributed by atoms with van der Waals surface area (Å²) in [4.78, 5) is 22.5. The third-order valence-electron chi connectivity index (χ3n) is 5.79. The van der Waals surface area contributed by atoms with E-state index >= 15 is 0 Å². The first-order valence-corrected chi connectivity index (χ1v) is 9.31. The minimum Gasteiger partial charge on any atom is -0.337 e. The minimum atomic E-state index is 0.125. The molecule has 0 N–H and O–H groups in total. The van der Waals surface area contributed by atoms with Gasteiger partial charge in [0.25, 0.3) is 5.91 Å². The van der Waals surface area contributed by atoms with Gasteiger partial charge in [-0.2, -0.15) is 5.10 Å². The van der Waals surface area contributed by atoms with Crippen LogP contribution in [0.25, 0.3) is 11.0 Å². The van der Waals surface area contributed by atoms with Gasteiger partial charge in [-0.05, 0) is 46.1 Å². The molecule has 2 bridgehead atoms. The summed E-state index contributed by atoms with van der Waals surface area (Å²) in [5, 5.41) is 5.15. The number of hydrogen-bond donors (Lipinski definition) is 0. The van der Waals surface area contributed by atoms with Crippen LogP contribution in [-0.2, 0) is 7.05 Å². The third-order valence-corrected chi connectivity index (χ3v) is 5.79. The molecule has 6 heteroatoms. The molecule has 134 valence electrons. The Labute approximate surface area is 148 Å². The number of nitrogens with zero attached hydrogens (tertiary/aromatic N) is 5. The average molecular weight is 341 g/mol. The maximum absolute atomic E-state index is 13.3. The fourth-order valence-corrected chi connectivity index (χ4v) is 4.73. The van der Waals surface area contributed by atoms with Crippen molar-refractivity contribution >= 4 is 16.9 Å². The first-order valence-electron chi connectivity index (χ1n) is 9.31. The standard InChI is InChI=1S/C19H27N5O/c1-12(2)24-14-5-6-15(24)11-23(8-7-14)19(25)16-9-13(3)21-18-17(16)10-20-22(18)4/h9-10,12,14-15H,5-8,11H2,1-4H3/t14-,15+/m0/s1. The highest BCUT2D eigenvalue weighted by Crippen LogP contribution is 2.33. The lowest BCUT2D eigenvalue weighted by molar-refractivity contribution is 0.0730. The van der Waals surface area contributed by atoms with E-state index in [1.165, 1.54) is 12.8 Å². The van der Waals surface area contributed by atoms with Crippen molar-refractivity contribution in [3.63, 3.8) is 0 Å². The Morgan fingerprint density at radius 3 is 2.76 bits per heavy atom. The van der Waals surface area contributed by atoms with Crippen molar-refractivity contribution < 1.29 is 4.79 Å². The van der Waals surface area contributed by atoms with Crippen LogP contribution in [0.5, 0.6) is 0 Å². The van der Waals surface area contributed by atoms with Crippen LogP contribution in [0.3, 0.4) is 0 Å². The number of carbonyl (C=O) groups is 1. The molecule has 2 aliphatic heterocycles. The number of pyridine rings is 1. The van der Waals surface area contributed by atoms with Crippen LogP contribution in [0.2, 0.25) is 0 Å². The number of hydrogen-bond acceptors (Lipinski definition) is 4. The first-order chi connectivity index (χ1) is 12.0. The highest BCUT2D eigenvalue weighted by molar-refractivity contribution is 6.05. The highest BCUT2D eigenvalue weighted by atomic mass is 16.2. The van der Waals surface area contributed by atoms with Crippen molar-refractivity contribution in [3.05, 3.63) is 23.5 Å². The molecule has 0 aliphatic carbocycles. The van der Waals surface area contributed by atoms with E-state index in [1.54, 1.807) is 10.9 Å². The summed E-state index contributed by atoms with van der Waals surface area (Å²) >= 11 is 0. The topological polar surface area (TPSA) is 54.3 Å². The van der Waals surface area contributed by atoms with Crippen LogP contribution in [0.1, 0.15) is 49.2 Å². The van der Waals surface area contributed by atoms with Crippen molar-refractivity contribution in [1.82, 2.24) is 24.6 Å². The predicted molar refractivity (Wildman–Crippen MR) is 97.6 cm³/mol. The van der Waals surface area contributed by atoms with E-state index in [0.29, 0.717) is 18.1 Å². The number of amides is 1. The van der Waals surface area contributed by atoms with Crippen molar-refractivity contribution in [1.29, 1.82) is 0 Å². The number of aryl methyl sites for hydroxylation is 2. The highest BCUT2D eigenvalue weighted by Gasteiger charge is 2.39. The molecular weight excluding hydrogens is 314 g/mol. The van der Waals surface area contributed by atoms with Crippen LogP contribution < -0.4 is 0 Å². The molecule has 0 radical (unpaired) electrons. The number of rotatable bonds is 2. The lowest BCUT2D eigenvalue weighted by Crippen LogP contribution is -2.44. The molecule has 2 fully saturated rings. The summed E-state index contributed by atoms with van der Waals surface area (Å²) in [7, 11) is 1.87. The molecule has 1 amide bonds. The molecule has 4 rings (SSSR count). The molecule has 2 aromatic heterocycles. The molecule has 0 unspecified atom stereocenters. The first kappa shape index (κ1) is 16.5. The van der Waals surface area contributed by atoms with Gasteiger partial charge in [-0.3, -0.25) is 14.4 Å². The van der Waals surface area contributed by atoms with Crippen LogP contribution in [0.15, 0.2) is 12.3 Å².